The summed E-state index contributed by atoms with van der Waals surface area (Å²) in [4.78, 5) is 6.19. The van der Waals surface area contributed by atoms with Crippen LogP contribution in [0.2, 0.25) is 0 Å². The van der Waals surface area contributed by atoms with Crippen molar-refractivity contribution in [1.82, 2.24) is 4.90 Å². The first-order valence-corrected chi connectivity index (χ1v) is 6.14. The van der Waals surface area contributed by atoms with E-state index in [2.05, 4.69) is 55.9 Å². The van der Waals surface area contributed by atoms with E-state index in [0.29, 0.717) is 6.04 Å². The molecule has 2 nitrogen and oxygen atoms in total. The van der Waals surface area contributed by atoms with Crippen molar-refractivity contribution in [2.45, 2.75) is 46.1 Å². The largest absolute Gasteiger partial charge is 0.363 e. The second kappa shape index (κ2) is 9.20. The molecule has 1 unspecified atom stereocenters. The molecule has 0 amide bonds. The predicted octanol–water partition coefficient (Wildman–Crippen LogP) is 3.66. The molecule has 16 heavy (non-hydrogen) atoms. The van der Waals surface area contributed by atoms with Crippen molar-refractivity contribution >= 4 is 6.34 Å². The second-order valence-corrected chi connectivity index (χ2v) is 4.11. The Balaban J connectivity index is 4.31. The van der Waals surface area contributed by atoms with Crippen molar-refractivity contribution in [3.05, 3.63) is 23.8 Å². The average molecular weight is 222 g/mol. The lowest BCUT2D eigenvalue weighted by Gasteiger charge is -2.23. The van der Waals surface area contributed by atoms with Crippen molar-refractivity contribution in [3.8, 4) is 0 Å². The Morgan fingerprint density at radius 3 is 2.56 bits per heavy atom. The van der Waals surface area contributed by atoms with Crippen LogP contribution in [-0.4, -0.2) is 31.4 Å². The fourth-order valence-corrected chi connectivity index (χ4v) is 1.49. The molecular weight excluding hydrogens is 196 g/mol. The monoisotopic (exact) mass is 222 g/mol. The highest BCUT2D eigenvalue weighted by Gasteiger charge is 2.07. The molecule has 0 aliphatic rings. The van der Waals surface area contributed by atoms with Crippen LogP contribution in [0, 0.1) is 0 Å². The summed E-state index contributed by atoms with van der Waals surface area (Å²) in [6.45, 7) is 6.60. The summed E-state index contributed by atoms with van der Waals surface area (Å²) in [5, 5.41) is 0. The molecule has 0 aromatic carbocycles. The van der Waals surface area contributed by atoms with Crippen molar-refractivity contribution < 1.29 is 0 Å². The van der Waals surface area contributed by atoms with Gasteiger partial charge in [0.2, 0.25) is 0 Å². The maximum Gasteiger partial charge on any atom is 0.0846 e. The molecule has 0 saturated heterocycles. The number of allylic oxidation sites excluding steroid dienone is 3. The third kappa shape index (κ3) is 6.44. The Morgan fingerprint density at radius 2 is 2.06 bits per heavy atom. The van der Waals surface area contributed by atoms with Crippen LogP contribution in [0.25, 0.3) is 0 Å². The Hall–Kier alpha value is -1.05. The van der Waals surface area contributed by atoms with Gasteiger partial charge in [0.15, 0.2) is 0 Å². The minimum atomic E-state index is 0.505. The zero-order chi connectivity index (χ0) is 12.4. The molecule has 1 atom stereocenters. The van der Waals surface area contributed by atoms with Crippen LogP contribution in [0.3, 0.4) is 0 Å². The first kappa shape index (κ1) is 14.9. The summed E-state index contributed by atoms with van der Waals surface area (Å²) in [5.74, 6) is 0. The summed E-state index contributed by atoms with van der Waals surface area (Å²) in [6.07, 6.45) is 11.8. The molecule has 92 valence electrons. The van der Waals surface area contributed by atoms with Crippen LogP contribution >= 0.6 is 0 Å². The van der Waals surface area contributed by atoms with Crippen LogP contribution < -0.4 is 0 Å². The molecule has 0 aromatic heterocycles. The zero-order valence-electron chi connectivity index (χ0n) is 11.4. The van der Waals surface area contributed by atoms with Crippen LogP contribution in [0.1, 0.15) is 40.0 Å². The lowest BCUT2D eigenvalue weighted by Crippen LogP contribution is -2.27. The van der Waals surface area contributed by atoms with Gasteiger partial charge in [0.25, 0.3) is 0 Å². The van der Waals surface area contributed by atoms with Gasteiger partial charge in [-0.2, -0.15) is 0 Å². The van der Waals surface area contributed by atoms with E-state index in [1.807, 2.05) is 13.4 Å². The summed E-state index contributed by atoms with van der Waals surface area (Å²) in [6, 6.07) is 0.505. The van der Waals surface area contributed by atoms with Gasteiger partial charge in [0.1, 0.15) is 0 Å². The summed E-state index contributed by atoms with van der Waals surface area (Å²) in [7, 11) is 3.89. The van der Waals surface area contributed by atoms with Crippen LogP contribution in [0.15, 0.2) is 28.8 Å². The first-order chi connectivity index (χ1) is 7.65. The molecule has 2 heteroatoms. The van der Waals surface area contributed by atoms with E-state index < -0.39 is 0 Å². The fourth-order valence-electron chi connectivity index (χ4n) is 1.49. The minimum absolute atomic E-state index is 0.505. The first-order valence-electron chi connectivity index (χ1n) is 6.14. The van der Waals surface area contributed by atoms with Gasteiger partial charge in [-0.3, -0.25) is 4.99 Å². The minimum Gasteiger partial charge on any atom is -0.363 e. The Kier molecular flexibility index (Phi) is 8.59. The number of hydrogen-bond acceptors (Lipinski definition) is 1. The Bertz CT molecular complexity index is 251. The van der Waals surface area contributed by atoms with Gasteiger partial charge in [0.05, 0.1) is 6.34 Å². The summed E-state index contributed by atoms with van der Waals surface area (Å²) in [5.41, 5.74) is 1.49. The predicted molar refractivity (Wildman–Crippen MR) is 74.1 cm³/mol. The van der Waals surface area contributed by atoms with E-state index in [-0.39, 0.29) is 0 Å². The maximum absolute atomic E-state index is 4.03. The smallest absolute Gasteiger partial charge is 0.0846 e. The van der Waals surface area contributed by atoms with Crippen LogP contribution in [0.4, 0.5) is 0 Å². The Morgan fingerprint density at radius 1 is 1.38 bits per heavy atom. The standard InChI is InChI=1S/C14H26N2/c1-6-8-9-10-14(7-2)11-13(3)16(5)12-15-4/h8-10,12-13H,6-7,11H2,1-5H3/b9-8-,14-10+,15-12?. The molecule has 0 heterocycles. The molecule has 0 N–H and O–H groups in total. The van der Waals surface area contributed by atoms with Gasteiger partial charge in [-0.05, 0) is 26.2 Å². The molecule has 0 bridgehead atoms. The number of aliphatic imine (C=N–C) groups is 1. The van der Waals surface area contributed by atoms with Crippen molar-refractivity contribution in [3.63, 3.8) is 0 Å². The van der Waals surface area contributed by atoms with Crippen molar-refractivity contribution in [2.24, 2.45) is 4.99 Å². The normalized spacial score (nSPS) is 14.9. The highest BCUT2D eigenvalue weighted by atomic mass is 15.1. The molecule has 0 radical (unpaired) electrons. The Labute approximate surface area is 101 Å². The van der Waals surface area contributed by atoms with E-state index in [1.54, 1.807) is 0 Å². The van der Waals surface area contributed by atoms with Gasteiger partial charge in [0, 0.05) is 20.1 Å². The van der Waals surface area contributed by atoms with E-state index in [1.165, 1.54) is 5.57 Å². The molecule has 0 aromatic rings. The molecule has 0 aliphatic carbocycles. The maximum atomic E-state index is 4.03. The van der Waals surface area contributed by atoms with E-state index in [0.717, 1.165) is 19.3 Å². The zero-order valence-corrected chi connectivity index (χ0v) is 11.4. The van der Waals surface area contributed by atoms with Gasteiger partial charge in [-0.25, -0.2) is 0 Å². The second-order valence-electron chi connectivity index (χ2n) is 4.11. The number of rotatable bonds is 7. The highest BCUT2D eigenvalue weighted by Crippen LogP contribution is 2.12. The average Bonchev–Trinajstić information content (AvgIpc) is 2.28. The molecular formula is C14H26N2. The number of hydrogen-bond donors (Lipinski definition) is 0. The molecule has 0 fully saturated rings. The molecule has 0 spiro atoms. The van der Waals surface area contributed by atoms with Gasteiger partial charge < -0.3 is 4.90 Å². The third-order valence-electron chi connectivity index (χ3n) is 2.71. The van der Waals surface area contributed by atoms with Gasteiger partial charge in [-0.15, -0.1) is 0 Å². The SMILES string of the molecule is CC/C=C\C=C(/CC)CC(C)N(C)C=NC. The quantitative estimate of drug-likeness (QED) is 0.365. The lowest BCUT2D eigenvalue weighted by molar-refractivity contribution is 0.395. The van der Waals surface area contributed by atoms with Crippen LogP contribution in [-0.2, 0) is 0 Å². The molecule has 0 saturated carbocycles. The highest BCUT2D eigenvalue weighted by molar-refractivity contribution is 5.54. The number of nitrogens with zero attached hydrogens (tertiary/aromatic N) is 2. The third-order valence-corrected chi connectivity index (χ3v) is 2.71. The molecule has 0 rings (SSSR count). The summed E-state index contributed by atoms with van der Waals surface area (Å²) < 4.78 is 0. The van der Waals surface area contributed by atoms with Crippen molar-refractivity contribution in [2.75, 3.05) is 14.1 Å². The van der Waals surface area contributed by atoms with Gasteiger partial charge in [-0.1, -0.05) is 37.6 Å². The van der Waals surface area contributed by atoms with E-state index in [4.69, 9.17) is 0 Å². The summed E-state index contributed by atoms with van der Waals surface area (Å²) >= 11 is 0. The topological polar surface area (TPSA) is 15.6 Å². The molecule has 0 aliphatic heterocycles. The fraction of sp³-hybridized carbons (Fsp3) is 0.643. The van der Waals surface area contributed by atoms with E-state index >= 15 is 0 Å². The van der Waals surface area contributed by atoms with Crippen LogP contribution in [0.5, 0.6) is 0 Å². The van der Waals surface area contributed by atoms with Gasteiger partial charge >= 0.3 is 0 Å². The lowest BCUT2D eigenvalue weighted by atomic mass is 10.0. The van der Waals surface area contributed by atoms with Crippen molar-refractivity contribution in [1.29, 1.82) is 0 Å². The van der Waals surface area contributed by atoms with E-state index in [9.17, 15) is 0 Å².